The van der Waals surface area contributed by atoms with Gasteiger partial charge < -0.3 is 5.32 Å². The van der Waals surface area contributed by atoms with Gasteiger partial charge in [0.25, 0.3) is 0 Å². The largest absolute Gasteiger partial charge is 0.311 e. The van der Waals surface area contributed by atoms with Crippen LogP contribution in [0, 0.1) is 0 Å². The average Bonchev–Trinajstić information content (AvgIpc) is 2.96. The number of nitrogens with one attached hydrogen (secondary N) is 1. The maximum Gasteiger partial charge on any atom is 0.0213 e. The summed E-state index contributed by atoms with van der Waals surface area (Å²) in [5.74, 6) is 0. The fourth-order valence-electron chi connectivity index (χ4n) is 2.02. The maximum absolute atomic E-state index is 3.66. The first-order chi connectivity index (χ1) is 7.43. The Labute approximate surface area is 107 Å². The Balaban J connectivity index is 2.12. The van der Waals surface area contributed by atoms with E-state index in [-0.39, 0.29) is 5.54 Å². The fourth-order valence-corrected chi connectivity index (χ4v) is 2.72. The van der Waals surface area contributed by atoms with Crippen LogP contribution in [0.1, 0.15) is 39.2 Å². The molecule has 0 heterocycles. The van der Waals surface area contributed by atoms with Gasteiger partial charge in [0.05, 0.1) is 0 Å². The summed E-state index contributed by atoms with van der Waals surface area (Å²) in [4.78, 5) is 0. The van der Waals surface area contributed by atoms with Crippen molar-refractivity contribution in [3.63, 3.8) is 0 Å². The first-order valence-electron chi connectivity index (χ1n) is 5.93. The lowest BCUT2D eigenvalue weighted by molar-refractivity contribution is 0.399. The van der Waals surface area contributed by atoms with E-state index in [2.05, 4.69) is 66.3 Å². The molecule has 1 fully saturated rings. The molecule has 1 nitrogen and oxygen atoms in total. The van der Waals surface area contributed by atoms with E-state index in [0.717, 1.165) is 6.54 Å². The predicted molar refractivity (Wildman–Crippen MR) is 72.8 cm³/mol. The second-order valence-electron chi connectivity index (χ2n) is 5.86. The van der Waals surface area contributed by atoms with Crippen molar-refractivity contribution in [3.05, 3.63) is 34.3 Å². The lowest BCUT2D eigenvalue weighted by atomic mass is 9.94. The minimum absolute atomic E-state index is 0.205. The van der Waals surface area contributed by atoms with E-state index >= 15 is 0 Å². The van der Waals surface area contributed by atoms with Crippen LogP contribution < -0.4 is 5.32 Å². The molecule has 2 heteroatoms. The lowest BCUT2D eigenvalue weighted by Gasteiger charge is -2.26. The van der Waals surface area contributed by atoms with Crippen molar-refractivity contribution in [1.29, 1.82) is 0 Å². The molecule has 0 spiro atoms. The molecule has 0 radical (unpaired) electrons. The molecule has 0 bridgehead atoms. The van der Waals surface area contributed by atoms with Gasteiger partial charge in [-0.15, -0.1) is 0 Å². The summed E-state index contributed by atoms with van der Waals surface area (Å²) in [6.07, 6.45) is 2.61. The van der Waals surface area contributed by atoms with Crippen LogP contribution in [0.3, 0.4) is 0 Å². The number of rotatable bonds is 3. The van der Waals surface area contributed by atoms with Gasteiger partial charge in [-0.2, -0.15) is 0 Å². The van der Waals surface area contributed by atoms with Gasteiger partial charge in [0.1, 0.15) is 0 Å². The highest BCUT2D eigenvalue weighted by Gasteiger charge is 2.45. The standard InChI is InChI=1S/C14H20BrN/c1-13(2,3)16-10-14(8-9-14)11-6-4-5-7-12(11)15/h4-7,16H,8-10H2,1-3H3. The topological polar surface area (TPSA) is 12.0 Å². The number of hydrogen-bond acceptors (Lipinski definition) is 1. The Bertz CT molecular complexity index is 375. The first kappa shape index (κ1) is 12.1. The molecule has 0 amide bonds. The third-order valence-electron chi connectivity index (χ3n) is 3.26. The van der Waals surface area contributed by atoms with Gasteiger partial charge in [-0.1, -0.05) is 34.1 Å². The normalized spacial score (nSPS) is 18.5. The van der Waals surface area contributed by atoms with E-state index in [0.29, 0.717) is 5.41 Å². The van der Waals surface area contributed by atoms with Crippen molar-refractivity contribution in [2.24, 2.45) is 0 Å². The van der Waals surface area contributed by atoms with Gasteiger partial charge in [0, 0.05) is 22.0 Å². The molecule has 0 saturated heterocycles. The van der Waals surface area contributed by atoms with Gasteiger partial charge in [-0.05, 0) is 45.2 Å². The molecule has 0 aromatic heterocycles. The first-order valence-corrected chi connectivity index (χ1v) is 6.72. The molecule has 1 aliphatic carbocycles. The second-order valence-corrected chi connectivity index (χ2v) is 6.72. The molecule has 0 aliphatic heterocycles. The fraction of sp³-hybridized carbons (Fsp3) is 0.571. The van der Waals surface area contributed by atoms with Crippen molar-refractivity contribution in [3.8, 4) is 0 Å². The molecule has 0 atom stereocenters. The Morgan fingerprint density at radius 1 is 1.25 bits per heavy atom. The third-order valence-corrected chi connectivity index (χ3v) is 3.95. The van der Waals surface area contributed by atoms with Crippen LogP contribution >= 0.6 is 15.9 Å². The van der Waals surface area contributed by atoms with Crippen LogP contribution in [-0.2, 0) is 5.41 Å². The summed E-state index contributed by atoms with van der Waals surface area (Å²) >= 11 is 3.66. The molecule has 1 saturated carbocycles. The molecule has 1 aromatic rings. The molecular formula is C14H20BrN. The zero-order valence-corrected chi connectivity index (χ0v) is 11.9. The molecule has 1 aliphatic rings. The van der Waals surface area contributed by atoms with Gasteiger partial charge in [-0.25, -0.2) is 0 Å². The Morgan fingerprint density at radius 2 is 1.88 bits per heavy atom. The number of hydrogen-bond donors (Lipinski definition) is 1. The quantitative estimate of drug-likeness (QED) is 0.887. The zero-order chi connectivity index (χ0) is 11.8. The predicted octanol–water partition coefficient (Wildman–Crippen LogP) is 3.87. The highest BCUT2D eigenvalue weighted by molar-refractivity contribution is 9.10. The van der Waals surface area contributed by atoms with Gasteiger partial charge in [0.15, 0.2) is 0 Å². The smallest absolute Gasteiger partial charge is 0.0213 e. The summed E-state index contributed by atoms with van der Waals surface area (Å²) in [6, 6.07) is 8.62. The maximum atomic E-state index is 3.66. The van der Waals surface area contributed by atoms with Crippen LogP contribution in [0.25, 0.3) is 0 Å². The van der Waals surface area contributed by atoms with Crippen molar-refractivity contribution in [2.45, 2.75) is 44.6 Å². The Kier molecular flexibility index (Phi) is 3.15. The van der Waals surface area contributed by atoms with E-state index in [1.807, 2.05) is 0 Å². The molecule has 2 rings (SSSR count). The van der Waals surface area contributed by atoms with Gasteiger partial charge >= 0.3 is 0 Å². The SMILES string of the molecule is CC(C)(C)NCC1(c2ccccc2Br)CC1. The van der Waals surface area contributed by atoms with Crippen molar-refractivity contribution < 1.29 is 0 Å². The van der Waals surface area contributed by atoms with E-state index in [9.17, 15) is 0 Å². The van der Waals surface area contributed by atoms with Crippen LogP contribution in [0.2, 0.25) is 0 Å². The van der Waals surface area contributed by atoms with Crippen LogP contribution in [0.4, 0.5) is 0 Å². The Morgan fingerprint density at radius 3 is 2.38 bits per heavy atom. The van der Waals surface area contributed by atoms with Crippen LogP contribution in [0.15, 0.2) is 28.7 Å². The summed E-state index contributed by atoms with van der Waals surface area (Å²) in [5, 5.41) is 3.63. The third kappa shape index (κ3) is 2.67. The molecule has 88 valence electrons. The van der Waals surface area contributed by atoms with E-state index in [1.165, 1.54) is 22.9 Å². The molecular weight excluding hydrogens is 262 g/mol. The minimum atomic E-state index is 0.205. The molecule has 0 unspecified atom stereocenters. The summed E-state index contributed by atoms with van der Waals surface area (Å²) in [6.45, 7) is 7.76. The van der Waals surface area contributed by atoms with E-state index in [1.54, 1.807) is 0 Å². The molecule has 1 aromatic carbocycles. The van der Waals surface area contributed by atoms with Crippen LogP contribution in [0.5, 0.6) is 0 Å². The summed E-state index contributed by atoms with van der Waals surface area (Å²) < 4.78 is 1.25. The summed E-state index contributed by atoms with van der Waals surface area (Å²) in [5.41, 5.74) is 2.05. The van der Waals surface area contributed by atoms with Crippen LogP contribution in [-0.4, -0.2) is 12.1 Å². The number of benzene rings is 1. The zero-order valence-electron chi connectivity index (χ0n) is 10.3. The summed E-state index contributed by atoms with van der Waals surface area (Å²) in [7, 11) is 0. The monoisotopic (exact) mass is 281 g/mol. The second kappa shape index (κ2) is 4.15. The van der Waals surface area contributed by atoms with E-state index < -0.39 is 0 Å². The number of halogens is 1. The molecule has 1 N–H and O–H groups in total. The molecule has 16 heavy (non-hydrogen) atoms. The minimum Gasteiger partial charge on any atom is -0.311 e. The van der Waals surface area contributed by atoms with Gasteiger partial charge in [-0.3, -0.25) is 0 Å². The Hall–Kier alpha value is -0.340. The lowest BCUT2D eigenvalue weighted by Crippen LogP contribution is -2.41. The van der Waals surface area contributed by atoms with Gasteiger partial charge in [0.2, 0.25) is 0 Å². The van der Waals surface area contributed by atoms with Crippen molar-refractivity contribution in [2.75, 3.05) is 6.54 Å². The average molecular weight is 282 g/mol. The highest BCUT2D eigenvalue weighted by atomic mass is 79.9. The van der Waals surface area contributed by atoms with Crippen molar-refractivity contribution in [1.82, 2.24) is 5.32 Å². The van der Waals surface area contributed by atoms with E-state index in [4.69, 9.17) is 0 Å². The highest BCUT2D eigenvalue weighted by Crippen LogP contribution is 2.50. The van der Waals surface area contributed by atoms with Crippen molar-refractivity contribution >= 4 is 15.9 Å².